The number of hydrazone groups is 1. The molecule has 1 aromatic heterocycles. The molecule has 2 aromatic rings. The third kappa shape index (κ3) is 3.03. The van der Waals surface area contributed by atoms with Crippen molar-refractivity contribution >= 4 is 23.2 Å². The number of benzene rings is 1. The van der Waals surface area contributed by atoms with E-state index < -0.39 is 24.2 Å². The summed E-state index contributed by atoms with van der Waals surface area (Å²) in [5, 5.41) is 14.3. The number of nitrogens with zero attached hydrogens (tertiary/aromatic N) is 2. The lowest BCUT2D eigenvalue weighted by atomic mass is 10.0. The number of alkyl halides is 3. The summed E-state index contributed by atoms with van der Waals surface area (Å²) in [6.07, 6.45) is -6.01. The number of amides is 1. The van der Waals surface area contributed by atoms with E-state index in [9.17, 15) is 23.1 Å². The van der Waals surface area contributed by atoms with Crippen LogP contribution in [0.25, 0.3) is 0 Å². The lowest BCUT2D eigenvalue weighted by Gasteiger charge is -2.32. The molecule has 1 unspecified atom stereocenters. The van der Waals surface area contributed by atoms with Gasteiger partial charge in [-0.05, 0) is 36.8 Å². The zero-order valence-electron chi connectivity index (χ0n) is 12.8. The van der Waals surface area contributed by atoms with Crippen molar-refractivity contribution in [2.45, 2.75) is 25.2 Å². The van der Waals surface area contributed by atoms with Gasteiger partial charge in [-0.3, -0.25) is 4.79 Å². The molecule has 1 aromatic carbocycles. The summed E-state index contributed by atoms with van der Waals surface area (Å²) in [5.74, 6) is -1.18. The van der Waals surface area contributed by atoms with E-state index in [2.05, 4.69) is 5.10 Å². The fraction of sp³-hybridized carbons (Fsp3) is 0.250. The smallest absolute Gasteiger partial charge is 0.438 e. The second kappa shape index (κ2) is 5.89. The molecule has 0 spiro atoms. The summed E-state index contributed by atoms with van der Waals surface area (Å²) in [6.45, 7) is 1.54. The van der Waals surface area contributed by atoms with Gasteiger partial charge < -0.3 is 9.52 Å². The van der Waals surface area contributed by atoms with Crippen LogP contribution in [-0.2, 0) is 0 Å². The molecule has 0 aliphatic carbocycles. The summed E-state index contributed by atoms with van der Waals surface area (Å²) in [7, 11) is 0. The van der Waals surface area contributed by atoms with E-state index in [-0.39, 0.29) is 16.5 Å². The second-order valence-corrected chi connectivity index (χ2v) is 6.01. The molecule has 25 heavy (non-hydrogen) atoms. The SMILES string of the molecule is Cc1ccc(C(=O)N2N=C(c3ccc(Cl)cc3)CC2(O)C(F)(F)F)o1. The van der Waals surface area contributed by atoms with Crippen LogP contribution >= 0.6 is 11.6 Å². The average Bonchev–Trinajstić information content (AvgIpc) is 3.11. The summed E-state index contributed by atoms with van der Waals surface area (Å²) in [4.78, 5) is 12.4. The molecule has 0 radical (unpaired) electrons. The lowest BCUT2D eigenvalue weighted by Crippen LogP contribution is -2.56. The molecule has 3 rings (SSSR count). The first kappa shape index (κ1) is 17.5. The van der Waals surface area contributed by atoms with Gasteiger partial charge in [0.05, 0.1) is 12.1 Å². The molecule has 1 N–H and O–H groups in total. The monoisotopic (exact) mass is 372 g/mol. The van der Waals surface area contributed by atoms with Crippen molar-refractivity contribution in [3.63, 3.8) is 0 Å². The molecule has 0 saturated heterocycles. The van der Waals surface area contributed by atoms with Gasteiger partial charge in [-0.2, -0.15) is 23.3 Å². The third-order valence-electron chi connectivity index (χ3n) is 3.76. The average molecular weight is 373 g/mol. The molecule has 1 aliphatic heterocycles. The van der Waals surface area contributed by atoms with Gasteiger partial charge in [0, 0.05) is 5.02 Å². The van der Waals surface area contributed by atoms with Gasteiger partial charge in [-0.15, -0.1) is 0 Å². The molecule has 2 heterocycles. The number of hydrogen-bond donors (Lipinski definition) is 1. The molecule has 0 saturated carbocycles. The Bertz CT molecular complexity index is 845. The highest BCUT2D eigenvalue weighted by molar-refractivity contribution is 6.30. The Morgan fingerprint density at radius 2 is 1.92 bits per heavy atom. The van der Waals surface area contributed by atoms with Crippen LogP contribution in [0.5, 0.6) is 0 Å². The molecule has 132 valence electrons. The molecule has 5 nitrogen and oxygen atoms in total. The van der Waals surface area contributed by atoms with Crippen molar-refractivity contribution < 1.29 is 27.5 Å². The first-order valence-corrected chi connectivity index (χ1v) is 7.53. The zero-order chi connectivity index (χ0) is 18.4. The molecule has 1 aliphatic rings. The Kier molecular flexibility index (Phi) is 4.12. The Labute approximate surface area is 145 Å². The Morgan fingerprint density at radius 3 is 2.44 bits per heavy atom. The second-order valence-electron chi connectivity index (χ2n) is 5.57. The van der Waals surface area contributed by atoms with Gasteiger partial charge in [0.1, 0.15) is 5.76 Å². The van der Waals surface area contributed by atoms with E-state index in [4.69, 9.17) is 16.0 Å². The van der Waals surface area contributed by atoms with Crippen LogP contribution in [-0.4, -0.2) is 33.6 Å². The van der Waals surface area contributed by atoms with Gasteiger partial charge in [0.25, 0.3) is 5.72 Å². The molecule has 1 atom stereocenters. The van der Waals surface area contributed by atoms with E-state index >= 15 is 0 Å². The number of carbonyl (C=O) groups excluding carboxylic acids is 1. The molecular weight excluding hydrogens is 361 g/mol. The first-order valence-electron chi connectivity index (χ1n) is 7.15. The Balaban J connectivity index is 2.04. The van der Waals surface area contributed by atoms with E-state index in [1.54, 1.807) is 6.92 Å². The highest BCUT2D eigenvalue weighted by Gasteiger charge is 2.63. The van der Waals surface area contributed by atoms with Crippen molar-refractivity contribution in [2.75, 3.05) is 0 Å². The predicted octanol–water partition coefficient (Wildman–Crippen LogP) is 3.74. The summed E-state index contributed by atoms with van der Waals surface area (Å²) in [5.41, 5.74) is -3.23. The maximum Gasteiger partial charge on any atom is 0.438 e. The zero-order valence-corrected chi connectivity index (χ0v) is 13.6. The van der Waals surface area contributed by atoms with Crippen LogP contribution < -0.4 is 0 Å². The van der Waals surface area contributed by atoms with Gasteiger partial charge in [0.2, 0.25) is 0 Å². The summed E-state index contributed by atoms with van der Waals surface area (Å²) < 4.78 is 45.4. The highest BCUT2D eigenvalue weighted by atomic mass is 35.5. The van der Waals surface area contributed by atoms with Crippen LogP contribution in [0, 0.1) is 6.92 Å². The molecule has 0 fully saturated rings. The van der Waals surface area contributed by atoms with Crippen molar-refractivity contribution in [3.8, 4) is 0 Å². The summed E-state index contributed by atoms with van der Waals surface area (Å²) >= 11 is 5.76. The third-order valence-corrected chi connectivity index (χ3v) is 4.01. The maximum atomic E-state index is 13.5. The molecule has 0 bridgehead atoms. The number of halogens is 4. The molecular formula is C16H12ClF3N2O3. The predicted molar refractivity (Wildman–Crippen MR) is 83.2 cm³/mol. The first-order chi connectivity index (χ1) is 11.6. The lowest BCUT2D eigenvalue weighted by molar-refractivity contribution is -0.297. The highest BCUT2D eigenvalue weighted by Crippen LogP contribution is 2.42. The number of hydrogen-bond acceptors (Lipinski definition) is 4. The van der Waals surface area contributed by atoms with Crippen molar-refractivity contribution in [1.29, 1.82) is 0 Å². The minimum Gasteiger partial charge on any atom is -0.456 e. The normalized spacial score (nSPS) is 20.7. The molecule has 1 amide bonds. The van der Waals surface area contributed by atoms with Gasteiger partial charge in [-0.25, -0.2) is 0 Å². The van der Waals surface area contributed by atoms with Crippen molar-refractivity contribution in [2.24, 2.45) is 5.10 Å². The molecule has 9 heteroatoms. The fourth-order valence-corrected chi connectivity index (χ4v) is 2.56. The number of rotatable bonds is 2. The van der Waals surface area contributed by atoms with E-state index in [0.29, 0.717) is 16.3 Å². The minimum absolute atomic E-state index is 0.0230. The standard InChI is InChI=1S/C16H12ClF3N2O3/c1-9-2-7-13(25-9)14(23)22-15(24,16(18,19)20)8-12(21-22)10-3-5-11(17)6-4-10/h2-7,24H,8H2,1H3. The van der Waals surface area contributed by atoms with Gasteiger partial charge in [0.15, 0.2) is 5.76 Å². The van der Waals surface area contributed by atoms with Crippen LogP contribution in [0.1, 0.15) is 28.3 Å². The van der Waals surface area contributed by atoms with Crippen molar-refractivity contribution in [3.05, 3.63) is 58.5 Å². The fourth-order valence-electron chi connectivity index (χ4n) is 2.44. The Morgan fingerprint density at radius 1 is 1.28 bits per heavy atom. The maximum absolute atomic E-state index is 13.5. The van der Waals surface area contributed by atoms with Crippen LogP contribution in [0.2, 0.25) is 5.02 Å². The number of aryl methyl sites for hydroxylation is 1. The number of furan rings is 1. The van der Waals surface area contributed by atoms with Gasteiger partial charge in [-0.1, -0.05) is 23.7 Å². The van der Waals surface area contributed by atoms with Gasteiger partial charge >= 0.3 is 12.1 Å². The van der Waals surface area contributed by atoms with E-state index in [1.165, 1.54) is 36.4 Å². The van der Waals surface area contributed by atoms with Crippen LogP contribution in [0.15, 0.2) is 45.9 Å². The van der Waals surface area contributed by atoms with Crippen molar-refractivity contribution in [1.82, 2.24) is 5.01 Å². The number of carbonyl (C=O) groups is 1. The Hall–Kier alpha value is -2.32. The van der Waals surface area contributed by atoms with E-state index in [0.717, 1.165) is 0 Å². The summed E-state index contributed by atoms with van der Waals surface area (Å²) in [6, 6.07) is 8.54. The van der Waals surface area contributed by atoms with E-state index in [1.807, 2.05) is 0 Å². The minimum atomic E-state index is -5.11. The topological polar surface area (TPSA) is 66.0 Å². The van der Waals surface area contributed by atoms with Crippen LogP contribution in [0.3, 0.4) is 0 Å². The largest absolute Gasteiger partial charge is 0.456 e. The van der Waals surface area contributed by atoms with Crippen LogP contribution in [0.4, 0.5) is 13.2 Å². The number of aliphatic hydroxyl groups is 1. The quantitative estimate of drug-likeness (QED) is 0.873.